The molecule has 0 saturated heterocycles. The lowest BCUT2D eigenvalue weighted by molar-refractivity contribution is 0.675. The number of rotatable bonds is 3. The normalized spacial score (nSPS) is 10.5. The van der Waals surface area contributed by atoms with Crippen LogP contribution in [-0.2, 0) is 13.0 Å². The maximum atomic E-state index is 5.06. The SMILES string of the molecule is S=c1[nH]ccn1CCc1ccn[nH]1. The summed E-state index contributed by atoms with van der Waals surface area (Å²) in [6.45, 7) is 0.879. The Balaban J connectivity index is 2.01. The molecule has 13 heavy (non-hydrogen) atoms. The van der Waals surface area contributed by atoms with E-state index in [-0.39, 0.29) is 0 Å². The van der Waals surface area contributed by atoms with Crippen molar-refractivity contribution in [2.45, 2.75) is 13.0 Å². The second kappa shape index (κ2) is 3.57. The van der Waals surface area contributed by atoms with Gasteiger partial charge >= 0.3 is 0 Å². The van der Waals surface area contributed by atoms with Gasteiger partial charge in [0.15, 0.2) is 4.77 Å². The van der Waals surface area contributed by atoms with E-state index in [4.69, 9.17) is 12.2 Å². The molecule has 2 rings (SSSR count). The standard InChI is InChI=1S/C8H10N4S/c13-8-9-4-6-12(8)5-2-7-1-3-10-11-7/h1,3-4,6H,2,5H2,(H,9,13)(H,10,11). The van der Waals surface area contributed by atoms with Gasteiger partial charge in [-0.05, 0) is 18.3 Å². The van der Waals surface area contributed by atoms with E-state index in [0.717, 1.165) is 23.4 Å². The number of hydrogen-bond donors (Lipinski definition) is 2. The summed E-state index contributed by atoms with van der Waals surface area (Å²) in [6.07, 6.45) is 6.46. The van der Waals surface area contributed by atoms with Crippen molar-refractivity contribution in [2.24, 2.45) is 0 Å². The molecule has 0 aromatic carbocycles. The Kier molecular flexibility index (Phi) is 2.27. The topological polar surface area (TPSA) is 49.4 Å². The molecule has 5 heteroatoms. The van der Waals surface area contributed by atoms with E-state index in [0.29, 0.717) is 0 Å². The smallest absolute Gasteiger partial charge is 0.177 e. The summed E-state index contributed by atoms with van der Waals surface area (Å²) < 4.78 is 2.76. The fourth-order valence-corrected chi connectivity index (χ4v) is 1.41. The molecule has 2 N–H and O–H groups in total. The first-order valence-corrected chi connectivity index (χ1v) is 4.49. The average Bonchev–Trinajstić information content (AvgIpc) is 2.72. The highest BCUT2D eigenvalue weighted by Crippen LogP contribution is 1.97. The van der Waals surface area contributed by atoms with Crippen molar-refractivity contribution >= 4 is 12.2 Å². The first kappa shape index (κ1) is 8.25. The highest BCUT2D eigenvalue weighted by Gasteiger charge is 1.95. The van der Waals surface area contributed by atoms with Crippen LogP contribution in [0.25, 0.3) is 0 Å². The van der Waals surface area contributed by atoms with Gasteiger partial charge in [0.25, 0.3) is 0 Å². The minimum absolute atomic E-state index is 0.763. The van der Waals surface area contributed by atoms with Crippen LogP contribution < -0.4 is 0 Å². The molecule has 2 aromatic heterocycles. The quantitative estimate of drug-likeness (QED) is 0.728. The Bertz CT molecular complexity index is 411. The number of H-pyrrole nitrogens is 2. The molecule has 2 aromatic rings. The van der Waals surface area contributed by atoms with E-state index >= 15 is 0 Å². The van der Waals surface area contributed by atoms with Crippen LogP contribution in [0.3, 0.4) is 0 Å². The van der Waals surface area contributed by atoms with E-state index in [1.807, 2.05) is 23.0 Å². The number of aromatic amines is 2. The zero-order chi connectivity index (χ0) is 9.10. The second-order valence-electron chi connectivity index (χ2n) is 2.79. The fraction of sp³-hybridized carbons (Fsp3) is 0.250. The predicted octanol–water partition coefficient (Wildman–Crippen LogP) is 1.51. The third kappa shape index (κ3) is 1.86. The molecule has 0 spiro atoms. The molecule has 0 aliphatic carbocycles. The van der Waals surface area contributed by atoms with Crippen LogP contribution >= 0.6 is 12.2 Å². The van der Waals surface area contributed by atoms with Crippen molar-refractivity contribution < 1.29 is 0 Å². The summed E-state index contributed by atoms with van der Waals surface area (Å²) in [5.74, 6) is 0. The van der Waals surface area contributed by atoms with Gasteiger partial charge in [-0.1, -0.05) is 0 Å². The summed E-state index contributed by atoms with van der Waals surface area (Å²) in [5.41, 5.74) is 1.13. The molecule has 4 nitrogen and oxygen atoms in total. The average molecular weight is 194 g/mol. The van der Waals surface area contributed by atoms with Crippen molar-refractivity contribution in [3.8, 4) is 0 Å². The number of aromatic nitrogens is 4. The molecule has 0 bridgehead atoms. The summed E-state index contributed by atoms with van der Waals surface area (Å²) in [6, 6.07) is 1.97. The van der Waals surface area contributed by atoms with Crippen molar-refractivity contribution in [3.63, 3.8) is 0 Å². The lowest BCUT2D eigenvalue weighted by Crippen LogP contribution is -2.00. The van der Waals surface area contributed by atoms with Crippen molar-refractivity contribution in [3.05, 3.63) is 35.1 Å². The Morgan fingerprint density at radius 3 is 3.08 bits per heavy atom. The van der Waals surface area contributed by atoms with Crippen molar-refractivity contribution in [1.29, 1.82) is 0 Å². The Labute approximate surface area is 80.6 Å². The maximum absolute atomic E-state index is 5.06. The first-order chi connectivity index (χ1) is 6.36. The lowest BCUT2D eigenvalue weighted by atomic mass is 10.3. The zero-order valence-corrected chi connectivity index (χ0v) is 7.84. The van der Waals surface area contributed by atoms with E-state index in [1.54, 1.807) is 6.20 Å². The van der Waals surface area contributed by atoms with Gasteiger partial charge in [-0.25, -0.2) is 0 Å². The van der Waals surface area contributed by atoms with Gasteiger partial charge in [-0.2, -0.15) is 5.10 Å². The van der Waals surface area contributed by atoms with E-state index < -0.39 is 0 Å². The van der Waals surface area contributed by atoms with Crippen LogP contribution in [0.4, 0.5) is 0 Å². The van der Waals surface area contributed by atoms with Crippen molar-refractivity contribution in [1.82, 2.24) is 19.7 Å². The van der Waals surface area contributed by atoms with Crippen LogP contribution in [0.5, 0.6) is 0 Å². The molecule has 68 valence electrons. The number of nitrogens with one attached hydrogen (secondary N) is 2. The monoisotopic (exact) mass is 194 g/mol. The van der Waals surface area contributed by atoms with Crippen LogP contribution in [0.1, 0.15) is 5.69 Å². The number of nitrogens with zero attached hydrogens (tertiary/aromatic N) is 2. The number of imidazole rings is 1. The second-order valence-corrected chi connectivity index (χ2v) is 3.18. The van der Waals surface area contributed by atoms with E-state index in [2.05, 4.69) is 15.2 Å². The predicted molar refractivity (Wildman–Crippen MR) is 51.9 cm³/mol. The van der Waals surface area contributed by atoms with Gasteiger partial charge in [0.05, 0.1) is 0 Å². The molecule has 0 saturated carbocycles. The van der Waals surface area contributed by atoms with Crippen LogP contribution in [0.2, 0.25) is 0 Å². The summed E-state index contributed by atoms with van der Waals surface area (Å²) in [7, 11) is 0. The summed E-state index contributed by atoms with van der Waals surface area (Å²) >= 11 is 5.06. The Morgan fingerprint density at radius 2 is 2.46 bits per heavy atom. The fourth-order valence-electron chi connectivity index (χ4n) is 1.19. The number of aryl methyl sites for hydroxylation is 2. The van der Waals surface area contributed by atoms with E-state index in [1.165, 1.54) is 0 Å². The first-order valence-electron chi connectivity index (χ1n) is 4.08. The van der Waals surface area contributed by atoms with Crippen LogP contribution in [-0.4, -0.2) is 19.7 Å². The third-order valence-corrected chi connectivity index (χ3v) is 2.25. The maximum Gasteiger partial charge on any atom is 0.177 e. The Morgan fingerprint density at radius 1 is 1.54 bits per heavy atom. The Hall–Kier alpha value is -1.36. The van der Waals surface area contributed by atoms with Gasteiger partial charge in [0.1, 0.15) is 0 Å². The molecule has 0 unspecified atom stereocenters. The lowest BCUT2D eigenvalue weighted by Gasteiger charge is -1.99. The van der Waals surface area contributed by atoms with Gasteiger partial charge in [-0.3, -0.25) is 5.10 Å². The van der Waals surface area contributed by atoms with Crippen LogP contribution in [0.15, 0.2) is 24.7 Å². The highest BCUT2D eigenvalue weighted by molar-refractivity contribution is 7.71. The largest absolute Gasteiger partial charge is 0.337 e. The minimum Gasteiger partial charge on any atom is -0.337 e. The molecular formula is C8H10N4S. The van der Waals surface area contributed by atoms with Gasteiger partial charge in [-0.15, -0.1) is 0 Å². The van der Waals surface area contributed by atoms with Gasteiger partial charge < -0.3 is 9.55 Å². The molecule has 0 aliphatic heterocycles. The molecule has 2 heterocycles. The third-order valence-electron chi connectivity index (χ3n) is 1.90. The highest BCUT2D eigenvalue weighted by atomic mass is 32.1. The van der Waals surface area contributed by atoms with Gasteiger partial charge in [0, 0.05) is 37.3 Å². The molecule has 0 atom stereocenters. The summed E-state index contributed by atoms with van der Waals surface area (Å²) in [4.78, 5) is 2.95. The minimum atomic E-state index is 0.763. The molecule has 0 amide bonds. The van der Waals surface area contributed by atoms with E-state index in [9.17, 15) is 0 Å². The zero-order valence-electron chi connectivity index (χ0n) is 7.03. The molecular weight excluding hydrogens is 184 g/mol. The molecule has 0 fully saturated rings. The number of hydrogen-bond acceptors (Lipinski definition) is 2. The summed E-state index contributed by atoms with van der Waals surface area (Å²) in [5, 5.41) is 6.79. The van der Waals surface area contributed by atoms with Crippen molar-refractivity contribution in [2.75, 3.05) is 0 Å². The van der Waals surface area contributed by atoms with Gasteiger partial charge in [0.2, 0.25) is 0 Å². The molecule has 0 aliphatic rings. The van der Waals surface area contributed by atoms with Crippen LogP contribution in [0, 0.1) is 4.77 Å². The molecule has 0 radical (unpaired) electrons.